The van der Waals surface area contributed by atoms with E-state index in [1.54, 1.807) is 30.3 Å². The standard InChI is InChI=1S/C14H11BrCl2N2OS/c15-8-1-4-12(11(17)5-8)19-14(20)7-21-13-6-9(18)2-3-10(13)16/h1-6H,7,18H2,(H,19,20). The molecule has 3 N–H and O–H groups in total. The van der Waals surface area contributed by atoms with Crippen molar-refractivity contribution in [2.24, 2.45) is 0 Å². The smallest absolute Gasteiger partial charge is 0.234 e. The van der Waals surface area contributed by atoms with E-state index in [1.165, 1.54) is 11.8 Å². The van der Waals surface area contributed by atoms with Crippen molar-refractivity contribution < 1.29 is 4.79 Å². The maximum Gasteiger partial charge on any atom is 0.234 e. The van der Waals surface area contributed by atoms with Crippen LogP contribution in [-0.2, 0) is 4.79 Å². The molecule has 110 valence electrons. The zero-order chi connectivity index (χ0) is 15.4. The van der Waals surface area contributed by atoms with Crippen molar-refractivity contribution in [2.45, 2.75) is 4.90 Å². The molecule has 0 aliphatic heterocycles. The van der Waals surface area contributed by atoms with Gasteiger partial charge in [-0.3, -0.25) is 4.79 Å². The first kappa shape index (κ1) is 16.5. The van der Waals surface area contributed by atoms with Gasteiger partial charge in [0.05, 0.1) is 21.5 Å². The van der Waals surface area contributed by atoms with E-state index in [9.17, 15) is 4.79 Å². The van der Waals surface area contributed by atoms with Crippen LogP contribution >= 0.6 is 50.9 Å². The molecule has 0 aliphatic rings. The van der Waals surface area contributed by atoms with Crippen molar-refractivity contribution in [2.75, 3.05) is 16.8 Å². The van der Waals surface area contributed by atoms with Gasteiger partial charge in [-0.2, -0.15) is 0 Å². The van der Waals surface area contributed by atoms with Gasteiger partial charge in [-0.15, -0.1) is 11.8 Å². The van der Waals surface area contributed by atoms with Crippen LogP contribution in [0.4, 0.5) is 11.4 Å². The number of amides is 1. The number of benzene rings is 2. The summed E-state index contributed by atoms with van der Waals surface area (Å²) in [5, 5.41) is 3.80. The van der Waals surface area contributed by atoms with E-state index in [0.717, 1.165) is 9.37 Å². The van der Waals surface area contributed by atoms with Gasteiger partial charge in [-0.05, 0) is 36.4 Å². The Morgan fingerprint density at radius 1 is 1.19 bits per heavy atom. The van der Waals surface area contributed by atoms with Crippen LogP contribution in [-0.4, -0.2) is 11.7 Å². The first-order chi connectivity index (χ1) is 9.95. The van der Waals surface area contributed by atoms with Crippen LogP contribution in [0.25, 0.3) is 0 Å². The Bertz CT molecular complexity index is 682. The second-order valence-corrected chi connectivity index (χ2v) is 6.90. The van der Waals surface area contributed by atoms with E-state index in [2.05, 4.69) is 21.2 Å². The summed E-state index contributed by atoms with van der Waals surface area (Å²) in [7, 11) is 0. The molecule has 0 saturated heterocycles. The Morgan fingerprint density at radius 2 is 1.95 bits per heavy atom. The average molecular weight is 406 g/mol. The molecule has 0 bridgehead atoms. The monoisotopic (exact) mass is 404 g/mol. The SMILES string of the molecule is Nc1ccc(Cl)c(SCC(=O)Nc2ccc(Br)cc2Cl)c1. The van der Waals surface area contributed by atoms with Crippen LogP contribution in [0.2, 0.25) is 10.0 Å². The van der Waals surface area contributed by atoms with E-state index in [1.807, 2.05) is 6.07 Å². The number of hydrogen-bond donors (Lipinski definition) is 2. The minimum atomic E-state index is -0.164. The molecule has 2 rings (SSSR count). The van der Waals surface area contributed by atoms with Crippen LogP contribution in [0.3, 0.4) is 0 Å². The number of carbonyl (C=O) groups is 1. The molecule has 2 aromatic rings. The third-order valence-electron chi connectivity index (χ3n) is 2.52. The molecule has 3 nitrogen and oxygen atoms in total. The van der Waals surface area contributed by atoms with E-state index in [-0.39, 0.29) is 11.7 Å². The highest BCUT2D eigenvalue weighted by Gasteiger charge is 2.09. The molecule has 21 heavy (non-hydrogen) atoms. The van der Waals surface area contributed by atoms with Gasteiger partial charge in [-0.25, -0.2) is 0 Å². The summed E-state index contributed by atoms with van der Waals surface area (Å²) in [6, 6.07) is 10.4. The molecule has 0 atom stereocenters. The lowest BCUT2D eigenvalue weighted by molar-refractivity contribution is -0.113. The number of hydrogen-bond acceptors (Lipinski definition) is 3. The van der Waals surface area contributed by atoms with E-state index >= 15 is 0 Å². The Hall–Kier alpha value is -0.880. The summed E-state index contributed by atoms with van der Waals surface area (Å²) in [6.07, 6.45) is 0. The molecule has 0 fully saturated rings. The number of halogens is 3. The van der Waals surface area contributed by atoms with Gasteiger partial charge in [0.15, 0.2) is 0 Å². The van der Waals surface area contributed by atoms with Gasteiger partial charge in [0, 0.05) is 15.1 Å². The van der Waals surface area contributed by atoms with Crippen LogP contribution in [0.1, 0.15) is 0 Å². The Kier molecular flexibility index (Phi) is 5.81. The summed E-state index contributed by atoms with van der Waals surface area (Å²) in [5.74, 6) is 0.0537. The van der Waals surface area contributed by atoms with Crippen molar-refractivity contribution in [1.29, 1.82) is 0 Å². The van der Waals surface area contributed by atoms with E-state index in [4.69, 9.17) is 28.9 Å². The average Bonchev–Trinajstić information content (AvgIpc) is 2.43. The number of rotatable bonds is 4. The fourth-order valence-electron chi connectivity index (χ4n) is 1.55. The van der Waals surface area contributed by atoms with Crippen LogP contribution < -0.4 is 11.1 Å². The lowest BCUT2D eigenvalue weighted by atomic mass is 10.3. The highest BCUT2D eigenvalue weighted by atomic mass is 79.9. The first-order valence-corrected chi connectivity index (χ1v) is 8.42. The van der Waals surface area contributed by atoms with Crippen molar-refractivity contribution in [3.05, 3.63) is 50.9 Å². The minimum Gasteiger partial charge on any atom is -0.399 e. The third kappa shape index (κ3) is 4.81. The van der Waals surface area contributed by atoms with Crippen molar-refractivity contribution in [3.63, 3.8) is 0 Å². The molecular formula is C14H11BrCl2N2OS. The number of carbonyl (C=O) groups excluding carboxylic acids is 1. The summed E-state index contributed by atoms with van der Waals surface area (Å²) < 4.78 is 0.853. The van der Waals surface area contributed by atoms with Crippen molar-refractivity contribution >= 4 is 68.2 Å². The molecule has 0 heterocycles. The number of nitrogens with two attached hydrogens (primary N) is 1. The number of anilines is 2. The fourth-order valence-corrected chi connectivity index (χ4v) is 3.34. The number of thioether (sulfide) groups is 1. The maximum absolute atomic E-state index is 11.9. The van der Waals surface area contributed by atoms with Gasteiger partial charge in [0.1, 0.15) is 0 Å². The normalized spacial score (nSPS) is 10.4. The molecular weight excluding hydrogens is 395 g/mol. The van der Waals surface area contributed by atoms with Crippen molar-refractivity contribution in [1.82, 2.24) is 0 Å². The van der Waals surface area contributed by atoms with Gasteiger partial charge >= 0.3 is 0 Å². The second kappa shape index (κ2) is 7.40. The Labute approximate surface area is 145 Å². The van der Waals surface area contributed by atoms with E-state index < -0.39 is 0 Å². The molecule has 0 spiro atoms. The zero-order valence-electron chi connectivity index (χ0n) is 10.7. The highest BCUT2D eigenvalue weighted by Crippen LogP contribution is 2.30. The number of nitrogen functional groups attached to an aromatic ring is 1. The first-order valence-electron chi connectivity index (χ1n) is 5.88. The number of nitrogens with one attached hydrogen (secondary N) is 1. The van der Waals surface area contributed by atoms with Gasteiger partial charge in [-0.1, -0.05) is 39.1 Å². The Morgan fingerprint density at radius 3 is 2.67 bits per heavy atom. The molecule has 0 aromatic heterocycles. The molecule has 1 amide bonds. The zero-order valence-corrected chi connectivity index (χ0v) is 14.6. The summed E-state index contributed by atoms with van der Waals surface area (Å²) in [5.41, 5.74) is 6.88. The van der Waals surface area contributed by atoms with Crippen LogP contribution in [0.5, 0.6) is 0 Å². The molecule has 7 heteroatoms. The van der Waals surface area contributed by atoms with Gasteiger partial charge in [0.25, 0.3) is 0 Å². The minimum absolute atomic E-state index is 0.164. The quantitative estimate of drug-likeness (QED) is 0.551. The predicted molar refractivity (Wildman–Crippen MR) is 94.4 cm³/mol. The third-order valence-corrected chi connectivity index (χ3v) is 4.82. The molecule has 0 unspecified atom stereocenters. The molecule has 0 aliphatic carbocycles. The largest absolute Gasteiger partial charge is 0.399 e. The van der Waals surface area contributed by atoms with Crippen molar-refractivity contribution in [3.8, 4) is 0 Å². The lowest BCUT2D eigenvalue weighted by Gasteiger charge is -2.08. The summed E-state index contributed by atoms with van der Waals surface area (Å²) in [4.78, 5) is 12.7. The second-order valence-electron chi connectivity index (χ2n) is 4.15. The Balaban J connectivity index is 1.97. The van der Waals surface area contributed by atoms with Crippen LogP contribution in [0.15, 0.2) is 45.8 Å². The fraction of sp³-hybridized carbons (Fsp3) is 0.0714. The topological polar surface area (TPSA) is 55.1 Å². The molecule has 0 saturated carbocycles. The molecule has 2 aromatic carbocycles. The summed E-state index contributed by atoms with van der Waals surface area (Å²) in [6.45, 7) is 0. The highest BCUT2D eigenvalue weighted by molar-refractivity contribution is 9.10. The molecule has 0 radical (unpaired) electrons. The van der Waals surface area contributed by atoms with Gasteiger partial charge < -0.3 is 11.1 Å². The summed E-state index contributed by atoms with van der Waals surface area (Å²) >= 11 is 16.7. The lowest BCUT2D eigenvalue weighted by Crippen LogP contribution is -2.14. The maximum atomic E-state index is 11.9. The predicted octanol–water partition coefficient (Wildman–Crippen LogP) is 5.07. The van der Waals surface area contributed by atoms with E-state index in [0.29, 0.717) is 21.4 Å². The van der Waals surface area contributed by atoms with Crippen LogP contribution in [0, 0.1) is 0 Å². The van der Waals surface area contributed by atoms with Gasteiger partial charge in [0.2, 0.25) is 5.91 Å².